The van der Waals surface area contributed by atoms with E-state index in [2.05, 4.69) is 14.0 Å². The summed E-state index contributed by atoms with van der Waals surface area (Å²) in [6.07, 6.45) is 0.335. The van der Waals surface area contributed by atoms with Gasteiger partial charge in [-0.2, -0.15) is 8.73 Å². The highest BCUT2D eigenvalue weighted by molar-refractivity contribution is 7.58. The molecule has 1 aromatic carbocycles. The van der Waals surface area contributed by atoms with Crippen molar-refractivity contribution in [2.45, 2.75) is 19.4 Å². The number of fused-ring (bicyclic) bond motifs is 1. The minimum atomic E-state index is -1.04. The second-order valence-electron chi connectivity index (χ2n) is 3.74. The largest absolute Gasteiger partial charge is 0.480 e. The fourth-order valence-corrected chi connectivity index (χ4v) is 2.02. The number of amides is 1. The first-order valence-corrected chi connectivity index (χ1v) is 6.11. The topological polar surface area (TPSA) is 91.1 Å². The molecule has 1 aliphatic rings. The molecule has 94 valence electrons. The molecule has 7 heteroatoms. The molecule has 18 heavy (non-hydrogen) atoms. The van der Waals surface area contributed by atoms with Gasteiger partial charge in [0.15, 0.2) is 0 Å². The van der Waals surface area contributed by atoms with Crippen molar-refractivity contribution in [1.29, 1.82) is 0 Å². The Labute approximate surface area is 107 Å². The Balaban J connectivity index is 2.15. The first-order valence-electron chi connectivity index (χ1n) is 5.37. The van der Waals surface area contributed by atoms with Crippen LogP contribution >= 0.6 is 0 Å². The number of benzene rings is 1. The molecule has 0 fully saturated rings. The van der Waals surface area contributed by atoms with E-state index < -0.39 is 17.9 Å². The number of hydrogen-bond acceptors (Lipinski definition) is 4. The summed E-state index contributed by atoms with van der Waals surface area (Å²) < 4.78 is 8.06. The van der Waals surface area contributed by atoms with Crippen LogP contribution in [0.3, 0.4) is 0 Å². The quantitative estimate of drug-likeness (QED) is 0.885. The normalized spacial score (nSPS) is 13.6. The summed E-state index contributed by atoms with van der Waals surface area (Å²) in [4.78, 5) is 22.7. The van der Waals surface area contributed by atoms with Gasteiger partial charge in [0.25, 0.3) is 5.91 Å². The van der Waals surface area contributed by atoms with Crippen LogP contribution in [0.1, 0.15) is 23.7 Å². The van der Waals surface area contributed by atoms with E-state index in [1.807, 2.05) is 0 Å². The van der Waals surface area contributed by atoms with E-state index in [0.717, 1.165) is 17.0 Å². The summed E-state index contributed by atoms with van der Waals surface area (Å²) in [5, 5.41) is 11.3. The highest BCUT2D eigenvalue weighted by Gasteiger charge is 2.19. The Kier molecular flexibility index (Phi) is 3.52. The van der Waals surface area contributed by atoms with Crippen LogP contribution in [0, 0.1) is 0 Å². The molecule has 0 aliphatic carbocycles. The second-order valence-corrected chi connectivity index (χ2v) is 4.27. The maximum atomic E-state index is 11.9. The molecule has 0 bridgehead atoms. The van der Waals surface area contributed by atoms with Gasteiger partial charge in [0.05, 0.1) is 11.4 Å². The fraction of sp³-hybridized carbons (Fsp3) is 0.273. The lowest BCUT2D eigenvalue weighted by atomic mass is 10.1. The Morgan fingerprint density at radius 3 is 2.78 bits per heavy atom. The van der Waals surface area contributed by atoms with Crippen molar-refractivity contribution in [1.82, 2.24) is 5.32 Å². The van der Waals surface area contributed by atoms with Gasteiger partial charge in [-0.05, 0) is 24.6 Å². The summed E-state index contributed by atoms with van der Waals surface area (Å²) in [5.74, 6) is -1.46. The number of carbonyl (C=O) groups is 2. The zero-order valence-corrected chi connectivity index (χ0v) is 10.4. The molecule has 2 rings (SSSR count). The van der Waals surface area contributed by atoms with Crippen LogP contribution in [0.15, 0.2) is 26.9 Å². The lowest BCUT2D eigenvalue weighted by Crippen LogP contribution is -2.40. The van der Waals surface area contributed by atoms with Gasteiger partial charge >= 0.3 is 5.97 Å². The number of hydrogen-bond donors (Lipinski definition) is 2. The fourth-order valence-electron chi connectivity index (χ4n) is 1.50. The van der Waals surface area contributed by atoms with Gasteiger partial charge in [-0.1, -0.05) is 6.92 Å². The summed E-state index contributed by atoms with van der Waals surface area (Å²) in [6, 6.07) is 4.02. The standard InChI is InChI=1S/C11H11N3O3S/c1-2-7(11(16)17)12-10(15)6-3-4-8-9(5-6)14-18-13-8/h3-5,7H,2H2,1H3,(H,12,15)(H,16,17). The Morgan fingerprint density at radius 1 is 1.39 bits per heavy atom. The minimum Gasteiger partial charge on any atom is -0.480 e. The zero-order chi connectivity index (χ0) is 13.1. The van der Waals surface area contributed by atoms with Crippen molar-refractivity contribution in [3.63, 3.8) is 0 Å². The number of rotatable bonds is 4. The first-order chi connectivity index (χ1) is 8.61. The van der Waals surface area contributed by atoms with Crippen molar-refractivity contribution in [2.75, 3.05) is 0 Å². The van der Waals surface area contributed by atoms with Crippen LogP contribution < -0.4 is 5.32 Å². The maximum absolute atomic E-state index is 11.9. The molecule has 0 radical (unpaired) electrons. The van der Waals surface area contributed by atoms with Crippen LogP contribution in [-0.4, -0.2) is 23.0 Å². The monoisotopic (exact) mass is 265 g/mol. The highest BCUT2D eigenvalue weighted by atomic mass is 32.1. The van der Waals surface area contributed by atoms with Gasteiger partial charge in [0, 0.05) is 5.56 Å². The number of nitrogens with one attached hydrogen (secondary N) is 1. The SMILES string of the molecule is CCC(NC(=O)c1ccc2c(c1)N=S=N2)C(=O)O. The Morgan fingerprint density at radius 2 is 2.11 bits per heavy atom. The number of aliphatic carboxylic acids is 1. The van der Waals surface area contributed by atoms with Crippen molar-refractivity contribution < 1.29 is 14.7 Å². The summed E-state index contributed by atoms with van der Waals surface area (Å²) in [7, 11) is 0. The summed E-state index contributed by atoms with van der Waals surface area (Å²) >= 11 is 1.07. The molecular formula is C11H11N3O3S. The van der Waals surface area contributed by atoms with E-state index in [-0.39, 0.29) is 0 Å². The van der Waals surface area contributed by atoms with Crippen LogP contribution in [0.25, 0.3) is 0 Å². The molecule has 0 aromatic heterocycles. The van der Waals surface area contributed by atoms with Crippen molar-refractivity contribution in [2.24, 2.45) is 8.73 Å². The summed E-state index contributed by atoms with van der Waals surface area (Å²) in [5.41, 5.74) is 1.74. The van der Waals surface area contributed by atoms with E-state index in [4.69, 9.17) is 5.11 Å². The number of nitrogens with zero attached hydrogens (tertiary/aromatic N) is 2. The maximum Gasteiger partial charge on any atom is 0.326 e. The van der Waals surface area contributed by atoms with Crippen molar-refractivity contribution in [3.8, 4) is 0 Å². The predicted molar refractivity (Wildman–Crippen MR) is 67.2 cm³/mol. The van der Waals surface area contributed by atoms with Crippen molar-refractivity contribution in [3.05, 3.63) is 23.8 Å². The Bertz CT molecular complexity index is 579. The van der Waals surface area contributed by atoms with E-state index in [9.17, 15) is 9.59 Å². The number of carboxylic acid groups (broad SMARTS) is 1. The molecular weight excluding hydrogens is 254 g/mol. The number of carboxylic acids is 1. The molecule has 1 amide bonds. The van der Waals surface area contributed by atoms with E-state index in [1.165, 1.54) is 0 Å². The molecule has 0 saturated carbocycles. The van der Waals surface area contributed by atoms with Gasteiger partial charge in [-0.3, -0.25) is 4.79 Å². The van der Waals surface area contributed by atoms with Crippen molar-refractivity contribution >= 4 is 34.6 Å². The van der Waals surface area contributed by atoms with E-state index >= 15 is 0 Å². The molecule has 0 spiro atoms. The molecule has 1 atom stereocenters. The molecule has 1 heterocycles. The van der Waals surface area contributed by atoms with E-state index in [1.54, 1.807) is 25.1 Å². The van der Waals surface area contributed by atoms with E-state index in [0.29, 0.717) is 17.7 Å². The van der Waals surface area contributed by atoms with Gasteiger partial charge in [0.1, 0.15) is 17.4 Å². The third kappa shape index (κ3) is 2.45. The molecule has 2 N–H and O–H groups in total. The molecule has 6 nitrogen and oxygen atoms in total. The smallest absolute Gasteiger partial charge is 0.326 e. The third-order valence-corrected chi connectivity index (χ3v) is 3.08. The second kappa shape index (κ2) is 5.09. The summed E-state index contributed by atoms with van der Waals surface area (Å²) in [6.45, 7) is 1.70. The lowest BCUT2D eigenvalue weighted by Gasteiger charge is -2.12. The zero-order valence-electron chi connectivity index (χ0n) is 9.58. The molecule has 0 saturated heterocycles. The molecule has 1 aliphatic heterocycles. The van der Waals surface area contributed by atoms with Crippen LogP contribution in [-0.2, 0) is 16.1 Å². The van der Waals surface area contributed by atoms with Crippen LogP contribution in [0.4, 0.5) is 11.4 Å². The average Bonchev–Trinajstić information content (AvgIpc) is 2.82. The van der Waals surface area contributed by atoms with Crippen LogP contribution in [0.2, 0.25) is 0 Å². The highest BCUT2D eigenvalue weighted by Crippen LogP contribution is 2.31. The predicted octanol–water partition coefficient (Wildman–Crippen LogP) is 2.01. The molecule has 1 aromatic rings. The first kappa shape index (κ1) is 12.4. The van der Waals surface area contributed by atoms with Crippen LogP contribution in [0.5, 0.6) is 0 Å². The average molecular weight is 265 g/mol. The number of carbonyl (C=O) groups excluding carboxylic acids is 1. The van der Waals surface area contributed by atoms with Gasteiger partial charge in [-0.15, -0.1) is 0 Å². The molecule has 1 unspecified atom stereocenters. The lowest BCUT2D eigenvalue weighted by molar-refractivity contribution is -0.139. The van der Waals surface area contributed by atoms with Gasteiger partial charge in [0.2, 0.25) is 0 Å². The van der Waals surface area contributed by atoms with Gasteiger partial charge < -0.3 is 10.4 Å². The minimum absolute atomic E-state index is 0.335. The Hall–Kier alpha value is -2.02. The third-order valence-electron chi connectivity index (χ3n) is 2.53. The van der Waals surface area contributed by atoms with Gasteiger partial charge in [-0.25, -0.2) is 4.79 Å².